The molecule has 1 aliphatic heterocycles. The highest BCUT2D eigenvalue weighted by Gasteiger charge is 2.38. The van der Waals surface area contributed by atoms with Crippen LogP contribution in [0.15, 0.2) is 59.9 Å². The van der Waals surface area contributed by atoms with Crippen LogP contribution in [0.4, 0.5) is 30.8 Å². The number of hydrogen-bond donors (Lipinski definition) is 1. The largest absolute Gasteiger partial charge is 0.416 e. The van der Waals surface area contributed by atoms with Gasteiger partial charge in [0, 0.05) is 17.3 Å². The van der Waals surface area contributed by atoms with Gasteiger partial charge >= 0.3 is 6.18 Å². The normalized spacial score (nSPS) is 15.4. The van der Waals surface area contributed by atoms with E-state index in [2.05, 4.69) is 20.2 Å². The van der Waals surface area contributed by atoms with Gasteiger partial charge in [-0.25, -0.2) is 9.53 Å². The molecule has 0 spiro atoms. The second-order valence-electron chi connectivity index (χ2n) is 8.43. The maximum absolute atomic E-state index is 13.5. The van der Waals surface area contributed by atoms with E-state index in [1.54, 1.807) is 45.0 Å². The summed E-state index contributed by atoms with van der Waals surface area (Å²) in [5, 5.41) is 16.2. The Kier molecular flexibility index (Phi) is 6.25. The Morgan fingerprint density at radius 2 is 1.92 bits per heavy atom. The first-order valence-electron chi connectivity index (χ1n) is 10.9. The Balaban J connectivity index is 1.93. The van der Waals surface area contributed by atoms with Crippen LogP contribution in [0.1, 0.15) is 43.5 Å². The third-order valence-electron chi connectivity index (χ3n) is 5.69. The monoisotopic (exact) mass is 491 g/mol. The molecule has 0 fully saturated rings. The fraction of sp³-hybridized carbons (Fsp3) is 0.240. The first-order valence-corrected chi connectivity index (χ1v) is 10.9. The van der Waals surface area contributed by atoms with Crippen LogP contribution in [0.2, 0.25) is 0 Å². The third kappa shape index (κ3) is 4.39. The van der Waals surface area contributed by atoms with E-state index in [-0.39, 0.29) is 35.1 Å². The molecule has 0 aliphatic carbocycles. The Morgan fingerprint density at radius 3 is 2.50 bits per heavy atom. The van der Waals surface area contributed by atoms with Crippen LogP contribution >= 0.6 is 0 Å². The van der Waals surface area contributed by atoms with Gasteiger partial charge in [0.05, 0.1) is 23.8 Å². The van der Waals surface area contributed by atoms with Gasteiger partial charge in [0.1, 0.15) is 6.04 Å². The summed E-state index contributed by atoms with van der Waals surface area (Å²) in [4.78, 5) is 21.9. The zero-order valence-corrected chi connectivity index (χ0v) is 19.5. The number of anilines is 3. The zero-order chi connectivity index (χ0) is 26.2. The quantitative estimate of drug-likeness (QED) is 0.476. The molecular weight excluding hydrogens is 471 g/mol. The number of nitrogens with one attached hydrogen (secondary N) is 1. The van der Waals surface area contributed by atoms with Crippen LogP contribution in [0.25, 0.3) is 4.85 Å². The Labute approximate surface area is 205 Å². The molecule has 182 valence electrons. The average Bonchev–Trinajstić information content (AvgIpc) is 3.25. The number of amides is 1. The summed E-state index contributed by atoms with van der Waals surface area (Å²) < 4.78 is 41.8. The molecule has 2 aromatic carbocycles. The van der Waals surface area contributed by atoms with Crippen molar-refractivity contribution < 1.29 is 18.0 Å². The molecule has 1 atom stereocenters. The van der Waals surface area contributed by atoms with E-state index in [0.717, 1.165) is 12.1 Å². The summed E-state index contributed by atoms with van der Waals surface area (Å²) in [5.41, 5.74) is 0.893. The van der Waals surface area contributed by atoms with Crippen molar-refractivity contribution in [3.8, 4) is 6.07 Å². The number of hydrogen-bond acceptors (Lipinski definition) is 5. The van der Waals surface area contributed by atoms with Gasteiger partial charge in [0.25, 0.3) is 5.95 Å². The van der Waals surface area contributed by atoms with Crippen molar-refractivity contribution in [2.45, 2.75) is 33.0 Å². The Hall–Kier alpha value is -4.64. The number of alkyl halides is 3. The molecule has 0 bridgehead atoms. The van der Waals surface area contributed by atoms with Gasteiger partial charge in [0.2, 0.25) is 17.6 Å². The van der Waals surface area contributed by atoms with Crippen LogP contribution in [0, 0.1) is 23.8 Å². The second-order valence-corrected chi connectivity index (χ2v) is 8.43. The van der Waals surface area contributed by atoms with E-state index in [1.165, 1.54) is 21.7 Å². The van der Waals surface area contributed by atoms with Crippen molar-refractivity contribution in [3.63, 3.8) is 0 Å². The number of carbonyl (C=O) groups is 1. The van der Waals surface area contributed by atoms with Gasteiger partial charge in [-0.1, -0.05) is 32.0 Å². The van der Waals surface area contributed by atoms with Crippen molar-refractivity contribution in [3.05, 3.63) is 88.0 Å². The highest BCUT2D eigenvalue weighted by molar-refractivity contribution is 5.90. The molecule has 1 aliphatic rings. The molecule has 2 heterocycles. The summed E-state index contributed by atoms with van der Waals surface area (Å²) >= 11 is 0. The summed E-state index contributed by atoms with van der Waals surface area (Å²) in [5.74, 6) is -0.613. The number of aromatic nitrogens is 3. The van der Waals surface area contributed by atoms with Crippen molar-refractivity contribution in [1.29, 1.82) is 5.26 Å². The van der Waals surface area contributed by atoms with Gasteiger partial charge in [-0.15, -0.1) is 5.10 Å². The molecule has 11 heteroatoms. The lowest BCUT2D eigenvalue weighted by atomic mass is 9.99. The number of nitriles is 1. The molecule has 1 N–H and O–H groups in total. The fourth-order valence-corrected chi connectivity index (χ4v) is 3.84. The molecule has 0 saturated heterocycles. The maximum Gasteiger partial charge on any atom is 0.416 e. The van der Waals surface area contributed by atoms with E-state index in [4.69, 9.17) is 11.8 Å². The predicted octanol–water partition coefficient (Wildman–Crippen LogP) is 5.65. The first-order chi connectivity index (χ1) is 17.0. The molecule has 8 nitrogen and oxygen atoms in total. The fourth-order valence-electron chi connectivity index (χ4n) is 3.84. The topological polar surface area (TPSA) is 91.2 Å². The Bertz CT molecular complexity index is 1440. The summed E-state index contributed by atoms with van der Waals surface area (Å²) in [6.07, 6.45) is -4.57. The first kappa shape index (κ1) is 24.5. The van der Waals surface area contributed by atoms with Crippen LogP contribution in [0.5, 0.6) is 0 Å². The third-order valence-corrected chi connectivity index (χ3v) is 5.69. The van der Waals surface area contributed by atoms with E-state index < -0.39 is 17.8 Å². The number of halogens is 3. The smallest absolute Gasteiger partial charge is 0.294 e. The van der Waals surface area contributed by atoms with Crippen LogP contribution in [-0.4, -0.2) is 20.7 Å². The molecule has 4 rings (SSSR count). The van der Waals surface area contributed by atoms with E-state index in [0.29, 0.717) is 16.8 Å². The number of nitrogens with zero attached hydrogens (tertiary/aromatic N) is 6. The molecule has 0 unspecified atom stereocenters. The zero-order valence-electron chi connectivity index (χ0n) is 19.5. The lowest BCUT2D eigenvalue weighted by molar-refractivity contribution is -0.137. The average molecular weight is 491 g/mol. The molecule has 1 amide bonds. The van der Waals surface area contributed by atoms with Crippen molar-refractivity contribution in [2.24, 2.45) is 5.92 Å². The van der Waals surface area contributed by atoms with Crippen molar-refractivity contribution >= 4 is 23.5 Å². The van der Waals surface area contributed by atoms with Crippen LogP contribution < -0.4 is 10.2 Å². The maximum atomic E-state index is 13.5. The minimum absolute atomic E-state index is 0.0432. The number of rotatable bonds is 4. The molecule has 36 heavy (non-hydrogen) atoms. The van der Waals surface area contributed by atoms with Crippen molar-refractivity contribution in [1.82, 2.24) is 14.8 Å². The number of carbonyl (C=O) groups excluding carboxylic acids is 1. The van der Waals surface area contributed by atoms with E-state index in [1.807, 2.05) is 6.07 Å². The lowest BCUT2D eigenvalue weighted by Gasteiger charge is -2.34. The molecule has 3 aromatic rings. The molecular formula is C25H20F3N7O. The molecule has 0 radical (unpaired) electrons. The predicted molar refractivity (Wildman–Crippen MR) is 126 cm³/mol. The van der Waals surface area contributed by atoms with E-state index in [9.17, 15) is 18.0 Å². The molecule has 1 aromatic heterocycles. The summed E-state index contributed by atoms with van der Waals surface area (Å²) in [6, 6.07) is 12.5. The summed E-state index contributed by atoms with van der Waals surface area (Å²) in [6.45, 7) is 12.9. The number of fused-ring (bicyclic) bond motifs is 1. The number of allylic oxidation sites excluding steroid dienone is 2. The highest BCUT2D eigenvalue weighted by atomic mass is 19.4. The van der Waals surface area contributed by atoms with Gasteiger partial charge in [-0.3, -0.25) is 15.0 Å². The number of benzene rings is 2. The Morgan fingerprint density at radius 1 is 1.22 bits per heavy atom. The lowest BCUT2D eigenvalue weighted by Crippen LogP contribution is -2.30. The second kappa shape index (κ2) is 9.19. The molecule has 0 saturated carbocycles. The highest BCUT2D eigenvalue weighted by Crippen LogP contribution is 2.44. The van der Waals surface area contributed by atoms with Crippen LogP contribution in [0.3, 0.4) is 0 Å². The summed E-state index contributed by atoms with van der Waals surface area (Å²) in [7, 11) is 0. The van der Waals surface area contributed by atoms with Gasteiger partial charge in [-0.05, 0) is 42.8 Å². The minimum atomic E-state index is -4.57. The van der Waals surface area contributed by atoms with Crippen molar-refractivity contribution in [2.75, 3.05) is 10.2 Å². The van der Waals surface area contributed by atoms with Gasteiger partial charge in [-0.2, -0.15) is 23.4 Å². The van der Waals surface area contributed by atoms with E-state index >= 15 is 0 Å². The van der Waals surface area contributed by atoms with Crippen LogP contribution in [-0.2, 0) is 11.0 Å². The van der Waals surface area contributed by atoms with Gasteiger partial charge < -0.3 is 0 Å². The van der Waals surface area contributed by atoms with Gasteiger partial charge in [0.15, 0.2) is 0 Å². The SMILES string of the molecule is [C-]#[N+]C1=C(C)N(c2cccc(C(F)(F)F)c2)c2nc(NC(=O)C(C)C)nn2[C@@H]1c1ccc(C#N)cc1. The standard InChI is InChI=1S/C25H20F3N7O/c1-14(2)22(36)31-23-32-24-34(19-7-5-6-18(12-19)25(26,27)28)15(3)20(30-4)21(35(24)33-23)17-10-8-16(13-29)9-11-17/h5-12,14,21H,1-3H3,(H,31,33,36)/t21-/m1/s1. The minimum Gasteiger partial charge on any atom is -0.294 e.